The first-order chi connectivity index (χ1) is 22.2. The summed E-state index contributed by atoms with van der Waals surface area (Å²) >= 11 is 5.79. The van der Waals surface area contributed by atoms with Crippen molar-refractivity contribution >= 4 is 28.6 Å². The lowest BCUT2D eigenvalue weighted by Crippen LogP contribution is -2.31. The van der Waals surface area contributed by atoms with E-state index in [0.29, 0.717) is 35.6 Å². The second-order valence-electron chi connectivity index (χ2n) is 10.3. The van der Waals surface area contributed by atoms with E-state index in [1.165, 1.54) is 37.4 Å². The highest BCUT2D eigenvalue weighted by Crippen LogP contribution is 2.30. The second kappa shape index (κ2) is 13.3. The Bertz CT molecular complexity index is 1920. The van der Waals surface area contributed by atoms with E-state index in [9.17, 15) is 13.6 Å². The molecule has 6 rings (SSSR count). The van der Waals surface area contributed by atoms with E-state index in [1.807, 2.05) is 4.57 Å². The lowest BCUT2D eigenvalue weighted by atomic mass is 10.0. The van der Waals surface area contributed by atoms with Gasteiger partial charge in [-0.3, -0.25) is 0 Å². The number of aromatic nitrogens is 4. The third-order valence-electron chi connectivity index (χ3n) is 7.39. The predicted molar refractivity (Wildman–Crippen MR) is 158 cm³/mol. The Balaban J connectivity index is 1.25. The highest BCUT2D eigenvalue weighted by Gasteiger charge is 2.24. The van der Waals surface area contributed by atoms with Gasteiger partial charge in [0.15, 0.2) is 0 Å². The number of fused-ring (bicyclic) bond motifs is 1. The SMILES string of the molecule is COC(=O)c1ccc2nc(Cc3cc(F)c(-c4cccc(OCc5ccc(Cl)nc5OC(F)F)n4)cc3F)n(C[C@@H]3CCO3)c2c1. The Hall–Kier alpha value is -4.75. The molecule has 1 saturated heterocycles. The van der Waals surface area contributed by atoms with E-state index < -0.39 is 30.1 Å². The zero-order chi connectivity index (χ0) is 32.4. The number of carbonyl (C=O) groups excluding carboxylic acids is 1. The standard InChI is InChI=1S/C32H25ClF4N4O5/c1-43-31(42)17-5-7-25-26(12-17)41(15-20-9-10-44-20)28(38-25)13-19-11-23(35)21(14-22(19)34)24-3-2-4-29(39-24)45-16-18-6-8-27(33)40-30(18)46-32(36)37/h2-8,11-12,14,20,32H,9-10,13,15-16H2,1H3/t20-/m0/s1. The number of imidazole rings is 1. The van der Waals surface area contributed by atoms with Gasteiger partial charge in [0.05, 0.1) is 47.6 Å². The van der Waals surface area contributed by atoms with Crippen molar-refractivity contribution in [2.45, 2.75) is 38.7 Å². The molecule has 14 heteroatoms. The fourth-order valence-electron chi connectivity index (χ4n) is 5.02. The summed E-state index contributed by atoms with van der Waals surface area (Å²) in [6.45, 7) is -2.32. The summed E-state index contributed by atoms with van der Waals surface area (Å²) in [6.07, 6.45) is 0.735. The molecule has 0 amide bonds. The van der Waals surface area contributed by atoms with E-state index in [2.05, 4.69) is 19.7 Å². The number of carbonyl (C=O) groups is 1. The number of esters is 1. The third kappa shape index (κ3) is 6.75. The highest BCUT2D eigenvalue weighted by molar-refractivity contribution is 6.29. The van der Waals surface area contributed by atoms with Gasteiger partial charge in [-0.25, -0.2) is 28.5 Å². The summed E-state index contributed by atoms with van der Waals surface area (Å²) in [5.41, 5.74) is 1.79. The van der Waals surface area contributed by atoms with Crippen LogP contribution in [0.4, 0.5) is 17.6 Å². The average molecular weight is 657 g/mol. The molecule has 0 bridgehead atoms. The predicted octanol–water partition coefficient (Wildman–Crippen LogP) is 6.77. The lowest BCUT2D eigenvalue weighted by Gasteiger charge is -2.27. The van der Waals surface area contributed by atoms with Gasteiger partial charge in [-0.05, 0) is 60.5 Å². The van der Waals surface area contributed by atoms with Crippen LogP contribution in [0.1, 0.15) is 33.7 Å². The van der Waals surface area contributed by atoms with Crippen LogP contribution < -0.4 is 9.47 Å². The molecule has 0 unspecified atom stereocenters. The van der Waals surface area contributed by atoms with Crippen molar-refractivity contribution in [2.24, 2.45) is 0 Å². The van der Waals surface area contributed by atoms with Crippen LogP contribution in [-0.4, -0.2) is 51.9 Å². The van der Waals surface area contributed by atoms with E-state index in [0.717, 1.165) is 18.6 Å². The molecule has 1 atom stereocenters. The van der Waals surface area contributed by atoms with E-state index in [4.69, 9.17) is 25.8 Å². The first-order valence-electron chi connectivity index (χ1n) is 14.1. The number of halogens is 5. The summed E-state index contributed by atoms with van der Waals surface area (Å²) in [5.74, 6) is -1.82. The van der Waals surface area contributed by atoms with Crippen LogP contribution in [-0.2, 0) is 29.0 Å². The van der Waals surface area contributed by atoms with Gasteiger partial charge in [0.2, 0.25) is 11.8 Å². The largest absolute Gasteiger partial charge is 0.473 e. The molecule has 0 aliphatic carbocycles. The van der Waals surface area contributed by atoms with Crippen molar-refractivity contribution in [3.63, 3.8) is 0 Å². The molecule has 0 radical (unpaired) electrons. The van der Waals surface area contributed by atoms with E-state index in [-0.39, 0.29) is 52.5 Å². The average Bonchev–Trinajstić information content (AvgIpc) is 3.35. The van der Waals surface area contributed by atoms with Crippen LogP contribution in [0.2, 0.25) is 5.15 Å². The molecule has 1 aliphatic rings. The Morgan fingerprint density at radius 2 is 1.87 bits per heavy atom. The molecule has 1 aliphatic heterocycles. The highest BCUT2D eigenvalue weighted by atomic mass is 35.5. The topological polar surface area (TPSA) is 97.6 Å². The zero-order valence-corrected chi connectivity index (χ0v) is 24.9. The quantitative estimate of drug-likeness (QED) is 0.0873. The maximum Gasteiger partial charge on any atom is 0.388 e. The van der Waals surface area contributed by atoms with Gasteiger partial charge in [-0.1, -0.05) is 17.7 Å². The minimum atomic E-state index is -3.12. The van der Waals surface area contributed by atoms with Crippen LogP contribution in [0, 0.1) is 11.6 Å². The van der Waals surface area contributed by atoms with Crippen LogP contribution in [0.5, 0.6) is 11.8 Å². The molecule has 0 spiro atoms. The third-order valence-corrected chi connectivity index (χ3v) is 7.60. The number of benzene rings is 2. The van der Waals surface area contributed by atoms with Gasteiger partial charge >= 0.3 is 12.6 Å². The molecule has 46 heavy (non-hydrogen) atoms. The first-order valence-corrected chi connectivity index (χ1v) is 14.4. The molecule has 3 aromatic heterocycles. The van der Waals surface area contributed by atoms with Crippen molar-refractivity contribution in [3.8, 4) is 23.0 Å². The monoisotopic (exact) mass is 656 g/mol. The Labute approximate surface area is 264 Å². The fourth-order valence-corrected chi connectivity index (χ4v) is 5.16. The number of hydrogen-bond acceptors (Lipinski definition) is 8. The summed E-state index contributed by atoms with van der Waals surface area (Å²) in [7, 11) is 1.29. The van der Waals surface area contributed by atoms with Gasteiger partial charge in [-0.2, -0.15) is 8.78 Å². The maximum absolute atomic E-state index is 15.6. The van der Waals surface area contributed by atoms with Crippen molar-refractivity contribution in [1.82, 2.24) is 19.5 Å². The molecule has 238 valence electrons. The Morgan fingerprint density at radius 1 is 1.04 bits per heavy atom. The molecular weight excluding hydrogens is 632 g/mol. The molecule has 4 heterocycles. The van der Waals surface area contributed by atoms with E-state index >= 15 is 8.78 Å². The molecular formula is C32H25ClF4N4O5. The summed E-state index contributed by atoms with van der Waals surface area (Å²) < 4.78 is 79.0. The number of hydrogen-bond donors (Lipinski definition) is 0. The van der Waals surface area contributed by atoms with Gasteiger partial charge in [0.25, 0.3) is 0 Å². The number of ether oxygens (including phenoxy) is 4. The van der Waals surface area contributed by atoms with Crippen LogP contribution >= 0.6 is 11.6 Å². The number of nitrogens with zero attached hydrogens (tertiary/aromatic N) is 4. The van der Waals surface area contributed by atoms with Crippen LogP contribution in [0.3, 0.4) is 0 Å². The van der Waals surface area contributed by atoms with Crippen molar-refractivity contribution < 1.29 is 41.3 Å². The van der Waals surface area contributed by atoms with Gasteiger partial charge in [0.1, 0.15) is 29.2 Å². The fraction of sp³-hybridized carbons (Fsp3) is 0.250. The molecule has 0 saturated carbocycles. The molecule has 9 nitrogen and oxygen atoms in total. The molecule has 1 fully saturated rings. The molecule has 2 aromatic carbocycles. The smallest absolute Gasteiger partial charge is 0.388 e. The number of alkyl halides is 2. The summed E-state index contributed by atoms with van der Waals surface area (Å²) in [5, 5.41) is -0.0437. The second-order valence-corrected chi connectivity index (χ2v) is 10.7. The normalized spacial score (nSPS) is 14.4. The molecule has 5 aromatic rings. The number of methoxy groups -OCH3 is 1. The van der Waals surface area contributed by atoms with Gasteiger partial charge in [0, 0.05) is 24.7 Å². The van der Waals surface area contributed by atoms with Crippen molar-refractivity contribution in [3.05, 3.63) is 100.0 Å². The first kappa shape index (κ1) is 31.2. The molecule has 0 N–H and O–H groups in total. The summed E-state index contributed by atoms with van der Waals surface area (Å²) in [6, 6.07) is 14.4. The Morgan fingerprint density at radius 3 is 2.61 bits per heavy atom. The van der Waals surface area contributed by atoms with Crippen molar-refractivity contribution in [1.29, 1.82) is 0 Å². The van der Waals surface area contributed by atoms with E-state index in [1.54, 1.807) is 18.2 Å². The summed E-state index contributed by atoms with van der Waals surface area (Å²) in [4.78, 5) is 24.8. The van der Waals surface area contributed by atoms with Crippen LogP contribution in [0.15, 0.2) is 60.7 Å². The van der Waals surface area contributed by atoms with Gasteiger partial charge in [-0.15, -0.1) is 0 Å². The lowest BCUT2D eigenvalue weighted by molar-refractivity contribution is -0.0590. The van der Waals surface area contributed by atoms with Crippen molar-refractivity contribution in [2.75, 3.05) is 13.7 Å². The minimum absolute atomic E-state index is 0.0255. The van der Waals surface area contributed by atoms with Crippen LogP contribution in [0.25, 0.3) is 22.3 Å². The zero-order valence-electron chi connectivity index (χ0n) is 24.2. The van der Waals surface area contributed by atoms with Gasteiger partial charge < -0.3 is 23.5 Å². The Kier molecular flexibility index (Phi) is 9.04. The number of pyridine rings is 2. The maximum atomic E-state index is 15.6. The minimum Gasteiger partial charge on any atom is -0.473 e. The number of rotatable bonds is 11.